The van der Waals surface area contributed by atoms with Crippen molar-refractivity contribution in [1.29, 1.82) is 0 Å². The van der Waals surface area contributed by atoms with E-state index >= 15 is 0 Å². The van der Waals surface area contributed by atoms with Crippen molar-refractivity contribution >= 4 is 74.5 Å². The van der Waals surface area contributed by atoms with E-state index in [2.05, 4.69) is 22.9 Å². The second-order valence-corrected chi connectivity index (χ2v) is 9.96. The lowest BCUT2D eigenvalue weighted by atomic mass is 10.1. The molecule has 2 aromatic carbocycles. The number of carbonyl (C=O) groups is 1. The summed E-state index contributed by atoms with van der Waals surface area (Å²) in [6, 6.07) is 13.8. The van der Waals surface area contributed by atoms with Crippen molar-refractivity contribution in [2.75, 3.05) is 5.32 Å². The van der Waals surface area contributed by atoms with Crippen LogP contribution in [0, 0.1) is 0 Å². The number of hydrogen-bond donors (Lipinski definition) is 3. The highest BCUT2D eigenvalue weighted by Gasteiger charge is 2.34. The zero-order valence-electron chi connectivity index (χ0n) is 17.0. The van der Waals surface area contributed by atoms with Gasteiger partial charge in [0.05, 0.1) is 0 Å². The second-order valence-electron chi connectivity index (χ2n) is 7.19. The van der Waals surface area contributed by atoms with Crippen LogP contribution < -0.4 is 16.0 Å². The van der Waals surface area contributed by atoms with Crippen LogP contribution in [0.25, 0.3) is 10.8 Å². The Morgan fingerprint density at radius 1 is 0.967 bits per heavy atom. The number of halogens is 3. The minimum Gasteiger partial charge on any atom is -0.339 e. The first-order chi connectivity index (χ1) is 14.3. The van der Waals surface area contributed by atoms with Gasteiger partial charge in [0.1, 0.15) is 6.17 Å². The summed E-state index contributed by atoms with van der Waals surface area (Å²) < 4.78 is -1.76. The Bertz CT molecular complexity index is 836. The zero-order valence-corrected chi connectivity index (χ0v) is 20.1. The number of carbonyl (C=O) groups excluding carboxylic acids is 1. The normalized spacial score (nSPS) is 12.4. The average molecular weight is 489 g/mol. The van der Waals surface area contributed by atoms with Gasteiger partial charge in [-0.05, 0) is 30.1 Å². The standard InChI is InChI=1S/C22H28Cl3N3OS/c1-2-3-4-5-6-7-15-19(29)27-20(22(23,24)25)28-21(30)26-18-14-10-12-16-11-8-9-13-17(16)18/h8-14,20H,2-7,15H2,1H3,(H,27,29)(H2,26,28,30). The molecule has 2 rings (SSSR count). The number of unbranched alkanes of at least 4 members (excludes halogenated alkanes) is 5. The van der Waals surface area contributed by atoms with Crippen LogP contribution in [-0.4, -0.2) is 21.0 Å². The summed E-state index contributed by atoms with van der Waals surface area (Å²) in [5.74, 6) is -0.178. The second kappa shape index (κ2) is 12.6. The number of thiocarbonyl (C=S) groups is 1. The molecule has 1 unspecified atom stereocenters. The van der Waals surface area contributed by atoms with Gasteiger partial charge in [0.15, 0.2) is 5.11 Å². The van der Waals surface area contributed by atoms with Crippen molar-refractivity contribution in [2.24, 2.45) is 0 Å². The molecule has 164 valence electrons. The SMILES string of the molecule is CCCCCCCCC(=O)NC(NC(=S)Nc1cccc2ccccc12)C(Cl)(Cl)Cl. The van der Waals surface area contributed by atoms with Crippen molar-refractivity contribution in [2.45, 2.75) is 61.8 Å². The van der Waals surface area contributed by atoms with Gasteiger partial charge in [-0.15, -0.1) is 0 Å². The molecule has 4 nitrogen and oxygen atoms in total. The molecule has 0 bridgehead atoms. The molecular formula is C22H28Cl3N3OS. The quantitative estimate of drug-likeness (QED) is 0.151. The van der Waals surface area contributed by atoms with Crippen molar-refractivity contribution in [3.8, 4) is 0 Å². The van der Waals surface area contributed by atoms with E-state index in [0.717, 1.165) is 35.7 Å². The van der Waals surface area contributed by atoms with E-state index in [1.165, 1.54) is 19.3 Å². The van der Waals surface area contributed by atoms with Gasteiger partial charge in [-0.1, -0.05) is 110 Å². The van der Waals surface area contributed by atoms with Crippen LogP contribution in [0.4, 0.5) is 5.69 Å². The third kappa shape index (κ3) is 8.46. The highest BCUT2D eigenvalue weighted by atomic mass is 35.6. The van der Waals surface area contributed by atoms with Crippen LogP contribution in [-0.2, 0) is 4.79 Å². The van der Waals surface area contributed by atoms with Gasteiger partial charge < -0.3 is 16.0 Å². The topological polar surface area (TPSA) is 53.2 Å². The summed E-state index contributed by atoms with van der Waals surface area (Å²) in [6.45, 7) is 2.18. The van der Waals surface area contributed by atoms with Gasteiger partial charge in [0.25, 0.3) is 0 Å². The van der Waals surface area contributed by atoms with Crippen molar-refractivity contribution in [3.63, 3.8) is 0 Å². The molecule has 0 fully saturated rings. The lowest BCUT2D eigenvalue weighted by molar-refractivity contribution is -0.122. The van der Waals surface area contributed by atoms with E-state index in [1.54, 1.807) is 0 Å². The van der Waals surface area contributed by atoms with Gasteiger partial charge in [-0.3, -0.25) is 4.79 Å². The van der Waals surface area contributed by atoms with Crippen LogP contribution in [0.3, 0.4) is 0 Å². The Morgan fingerprint density at radius 2 is 1.63 bits per heavy atom. The van der Waals surface area contributed by atoms with Crippen LogP contribution in [0.15, 0.2) is 42.5 Å². The fourth-order valence-corrected chi connectivity index (χ4v) is 3.68. The summed E-state index contributed by atoms with van der Waals surface area (Å²) >= 11 is 23.6. The Kier molecular flexibility index (Phi) is 10.5. The van der Waals surface area contributed by atoms with Gasteiger partial charge in [-0.2, -0.15) is 0 Å². The molecule has 1 amide bonds. The summed E-state index contributed by atoms with van der Waals surface area (Å²) in [5, 5.41) is 11.1. The molecule has 3 N–H and O–H groups in total. The first-order valence-electron chi connectivity index (χ1n) is 10.2. The molecule has 2 aromatic rings. The fourth-order valence-electron chi connectivity index (χ4n) is 3.12. The Hall–Kier alpha value is -1.27. The predicted molar refractivity (Wildman–Crippen MR) is 134 cm³/mol. The predicted octanol–water partition coefficient (Wildman–Crippen LogP) is 6.69. The highest BCUT2D eigenvalue weighted by Crippen LogP contribution is 2.29. The van der Waals surface area contributed by atoms with Crippen molar-refractivity contribution < 1.29 is 4.79 Å². The van der Waals surface area contributed by atoms with Gasteiger partial charge in [-0.25, -0.2) is 0 Å². The molecule has 0 saturated carbocycles. The van der Waals surface area contributed by atoms with E-state index < -0.39 is 9.96 Å². The van der Waals surface area contributed by atoms with Gasteiger partial charge in [0, 0.05) is 17.5 Å². The molecule has 30 heavy (non-hydrogen) atoms. The van der Waals surface area contributed by atoms with Gasteiger partial charge >= 0.3 is 0 Å². The monoisotopic (exact) mass is 487 g/mol. The van der Waals surface area contributed by atoms with Crippen molar-refractivity contribution in [3.05, 3.63) is 42.5 Å². The lowest BCUT2D eigenvalue weighted by Gasteiger charge is -2.28. The number of nitrogens with one attached hydrogen (secondary N) is 3. The van der Waals surface area contributed by atoms with Crippen LogP contribution in [0.2, 0.25) is 0 Å². The molecule has 0 aliphatic heterocycles. The number of rotatable bonds is 10. The molecule has 0 heterocycles. The third-order valence-corrected chi connectivity index (χ3v) is 5.58. The molecule has 0 spiro atoms. The maximum Gasteiger partial charge on any atom is 0.228 e. The number of hydrogen-bond acceptors (Lipinski definition) is 2. The van der Waals surface area contributed by atoms with Crippen LogP contribution >= 0.6 is 47.0 Å². The summed E-state index contributed by atoms with van der Waals surface area (Å²) in [6.07, 6.45) is 6.01. The van der Waals surface area contributed by atoms with Gasteiger partial charge in [0.2, 0.25) is 9.70 Å². The minimum absolute atomic E-state index is 0.178. The third-order valence-electron chi connectivity index (χ3n) is 4.70. The summed E-state index contributed by atoms with van der Waals surface area (Å²) in [7, 11) is 0. The molecule has 0 saturated heterocycles. The van der Waals surface area contributed by atoms with E-state index in [1.807, 2.05) is 42.5 Å². The van der Waals surface area contributed by atoms with Crippen molar-refractivity contribution in [1.82, 2.24) is 10.6 Å². The first kappa shape index (κ1) is 25.0. The molecule has 0 aliphatic carbocycles. The Morgan fingerprint density at radius 3 is 2.37 bits per heavy atom. The minimum atomic E-state index is -1.76. The van der Waals surface area contributed by atoms with Crippen LogP contribution in [0.1, 0.15) is 51.9 Å². The molecule has 0 aliphatic rings. The average Bonchev–Trinajstić information content (AvgIpc) is 2.70. The first-order valence-corrected chi connectivity index (χ1v) is 11.8. The molecular weight excluding hydrogens is 461 g/mol. The molecule has 1 atom stereocenters. The molecule has 0 radical (unpaired) electrons. The van der Waals surface area contributed by atoms with E-state index in [-0.39, 0.29) is 11.0 Å². The van der Waals surface area contributed by atoms with E-state index in [4.69, 9.17) is 47.0 Å². The maximum absolute atomic E-state index is 12.3. The number of alkyl halides is 3. The summed E-state index contributed by atoms with van der Waals surface area (Å²) in [4.78, 5) is 12.3. The Labute approximate surface area is 199 Å². The number of anilines is 1. The largest absolute Gasteiger partial charge is 0.339 e. The smallest absolute Gasteiger partial charge is 0.228 e. The zero-order chi connectivity index (χ0) is 22.0. The Balaban J connectivity index is 1.91. The molecule has 8 heteroatoms. The summed E-state index contributed by atoms with van der Waals surface area (Å²) in [5.41, 5.74) is 0.826. The van der Waals surface area contributed by atoms with E-state index in [9.17, 15) is 4.79 Å². The highest BCUT2D eigenvalue weighted by molar-refractivity contribution is 7.80. The number of fused-ring (bicyclic) bond motifs is 1. The van der Waals surface area contributed by atoms with Crippen LogP contribution in [0.5, 0.6) is 0 Å². The maximum atomic E-state index is 12.3. The number of amides is 1. The van der Waals surface area contributed by atoms with E-state index in [0.29, 0.717) is 6.42 Å². The number of benzene rings is 2. The fraction of sp³-hybridized carbons (Fsp3) is 0.455. The lowest BCUT2D eigenvalue weighted by Crippen LogP contribution is -2.56. The molecule has 0 aromatic heterocycles.